The molecule has 1 N–H and O–H groups in total. The van der Waals surface area contributed by atoms with Crippen molar-refractivity contribution < 1.29 is 14.2 Å². The summed E-state index contributed by atoms with van der Waals surface area (Å²) in [4.78, 5) is 0. The summed E-state index contributed by atoms with van der Waals surface area (Å²) in [5, 5.41) is 3.41. The van der Waals surface area contributed by atoms with Gasteiger partial charge in [-0.05, 0) is 37.8 Å². The van der Waals surface area contributed by atoms with Gasteiger partial charge in [-0.2, -0.15) is 0 Å². The zero-order chi connectivity index (χ0) is 12.2. The van der Waals surface area contributed by atoms with Gasteiger partial charge in [0.25, 0.3) is 0 Å². The van der Waals surface area contributed by atoms with Crippen molar-refractivity contribution in [3.8, 4) is 11.5 Å². The molecule has 3 rings (SSSR count). The summed E-state index contributed by atoms with van der Waals surface area (Å²) in [6, 6.07) is 5.97. The molecule has 98 valence electrons. The third-order valence-electron chi connectivity index (χ3n) is 3.43. The molecular weight excluding hydrogens is 230 g/mol. The number of hydrogen-bond acceptors (Lipinski definition) is 4. The highest BCUT2D eigenvalue weighted by molar-refractivity contribution is 5.55. The van der Waals surface area contributed by atoms with Crippen molar-refractivity contribution >= 4 is 5.69 Å². The minimum Gasteiger partial charge on any atom is -0.454 e. The van der Waals surface area contributed by atoms with Crippen LogP contribution in [0.5, 0.6) is 11.5 Å². The average Bonchev–Trinajstić information content (AvgIpc) is 3.05. The van der Waals surface area contributed by atoms with Crippen molar-refractivity contribution in [2.75, 3.05) is 25.3 Å². The van der Waals surface area contributed by atoms with Crippen LogP contribution in [-0.2, 0) is 4.74 Å². The first-order chi connectivity index (χ1) is 8.92. The Hall–Kier alpha value is -1.42. The lowest BCUT2D eigenvalue weighted by molar-refractivity contribution is 0.103. The van der Waals surface area contributed by atoms with Crippen molar-refractivity contribution in [3.63, 3.8) is 0 Å². The lowest BCUT2D eigenvalue weighted by atomic mass is 10.1. The van der Waals surface area contributed by atoms with Crippen LogP contribution in [0.2, 0.25) is 0 Å². The maximum absolute atomic E-state index is 5.60. The molecule has 1 saturated heterocycles. The van der Waals surface area contributed by atoms with Gasteiger partial charge in [0.15, 0.2) is 11.5 Å². The topological polar surface area (TPSA) is 39.7 Å². The van der Waals surface area contributed by atoms with Crippen LogP contribution < -0.4 is 14.8 Å². The number of ether oxygens (including phenoxy) is 3. The summed E-state index contributed by atoms with van der Waals surface area (Å²) in [5.41, 5.74) is 1.09. The van der Waals surface area contributed by atoms with Crippen LogP contribution >= 0.6 is 0 Å². The van der Waals surface area contributed by atoms with Crippen molar-refractivity contribution in [1.29, 1.82) is 0 Å². The zero-order valence-electron chi connectivity index (χ0n) is 10.5. The molecule has 0 saturated carbocycles. The fraction of sp³-hybridized carbons (Fsp3) is 0.571. The summed E-state index contributed by atoms with van der Waals surface area (Å²) in [7, 11) is 0. The van der Waals surface area contributed by atoms with E-state index in [1.165, 1.54) is 12.8 Å². The Morgan fingerprint density at radius 3 is 3.06 bits per heavy atom. The predicted molar refractivity (Wildman–Crippen MR) is 69.3 cm³/mol. The second kappa shape index (κ2) is 5.48. The fourth-order valence-corrected chi connectivity index (χ4v) is 2.44. The number of rotatable bonds is 5. The molecule has 2 heterocycles. The molecule has 0 radical (unpaired) electrons. The Bertz CT molecular complexity index is 402. The fourth-order valence-electron chi connectivity index (χ4n) is 2.44. The van der Waals surface area contributed by atoms with Crippen LogP contribution in [0.25, 0.3) is 0 Å². The summed E-state index contributed by atoms with van der Waals surface area (Å²) in [5.74, 6) is 1.67. The Morgan fingerprint density at radius 1 is 1.22 bits per heavy atom. The molecule has 0 aliphatic carbocycles. The van der Waals surface area contributed by atoms with E-state index in [-0.39, 0.29) is 0 Å². The number of fused-ring (bicyclic) bond motifs is 1. The van der Waals surface area contributed by atoms with Gasteiger partial charge in [0.2, 0.25) is 6.79 Å². The molecule has 18 heavy (non-hydrogen) atoms. The van der Waals surface area contributed by atoms with Gasteiger partial charge in [-0.3, -0.25) is 0 Å². The highest BCUT2D eigenvalue weighted by atomic mass is 16.7. The first kappa shape index (κ1) is 11.7. The second-order valence-electron chi connectivity index (χ2n) is 4.77. The monoisotopic (exact) mass is 249 g/mol. The normalized spacial score (nSPS) is 21.2. The maximum atomic E-state index is 5.60. The first-order valence-corrected chi connectivity index (χ1v) is 6.67. The van der Waals surface area contributed by atoms with Crippen LogP contribution in [0.1, 0.15) is 25.7 Å². The van der Waals surface area contributed by atoms with Gasteiger partial charge in [0, 0.05) is 24.9 Å². The molecule has 1 atom stereocenters. The van der Waals surface area contributed by atoms with E-state index in [1.807, 2.05) is 18.2 Å². The number of benzene rings is 1. The number of nitrogens with one attached hydrogen (secondary N) is 1. The highest BCUT2D eigenvalue weighted by Gasteiger charge is 2.15. The lowest BCUT2D eigenvalue weighted by Crippen LogP contribution is -2.08. The molecule has 0 spiro atoms. The molecule has 1 aromatic rings. The van der Waals surface area contributed by atoms with Crippen molar-refractivity contribution in [2.45, 2.75) is 31.8 Å². The highest BCUT2D eigenvalue weighted by Crippen LogP contribution is 2.34. The van der Waals surface area contributed by atoms with Gasteiger partial charge in [-0.1, -0.05) is 0 Å². The van der Waals surface area contributed by atoms with E-state index in [1.54, 1.807) is 0 Å². The van der Waals surface area contributed by atoms with E-state index in [4.69, 9.17) is 14.2 Å². The van der Waals surface area contributed by atoms with E-state index in [2.05, 4.69) is 5.32 Å². The summed E-state index contributed by atoms with van der Waals surface area (Å²) in [6.45, 7) is 2.25. The summed E-state index contributed by atoms with van der Waals surface area (Å²) >= 11 is 0. The predicted octanol–water partition coefficient (Wildman–Crippen LogP) is 2.79. The third kappa shape index (κ3) is 2.70. The third-order valence-corrected chi connectivity index (χ3v) is 3.43. The molecule has 2 aliphatic heterocycles. The van der Waals surface area contributed by atoms with Crippen molar-refractivity contribution in [1.82, 2.24) is 0 Å². The quantitative estimate of drug-likeness (QED) is 0.814. The molecule has 0 aromatic heterocycles. The number of hydrogen-bond donors (Lipinski definition) is 1. The standard InChI is InChI=1S/C14H19NO3/c1(3-12-4-2-8-16-12)7-15-11-5-6-13-14(9-11)18-10-17-13/h5-6,9,12,15H,1-4,7-8,10H2. The second-order valence-corrected chi connectivity index (χ2v) is 4.77. The van der Waals surface area contributed by atoms with Crippen LogP contribution in [0.15, 0.2) is 18.2 Å². The van der Waals surface area contributed by atoms with E-state index < -0.39 is 0 Å². The minimum atomic E-state index is 0.331. The van der Waals surface area contributed by atoms with Crippen LogP contribution in [0.4, 0.5) is 5.69 Å². The van der Waals surface area contributed by atoms with Gasteiger partial charge < -0.3 is 19.5 Å². The molecule has 0 amide bonds. The van der Waals surface area contributed by atoms with Gasteiger partial charge in [0.05, 0.1) is 6.10 Å². The zero-order valence-corrected chi connectivity index (χ0v) is 10.5. The van der Waals surface area contributed by atoms with Crippen LogP contribution in [0.3, 0.4) is 0 Å². The van der Waals surface area contributed by atoms with Gasteiger partial charge in [0.1, 0.15) is 0 Å². The average molecular weight is 249 g/mol. The van der Waals surface area contributed by atoms with Gasteiger partial charge in [-0.15, -0.1) is 0 Å². The van der Waals surface area contributed by atoms with Crippen LogP contribution in [0, 0.1) is 0 Å². The molecular formula is C14H19NO3. The summed E-state index contributed by atoms with van der Waals surface area (Å²) < 4.78 is 16.2. The Morgan fingerprint density at radius 2 is 2.17 bits per heavy atom. The minimum absolute atomic E-state index is 0.331. The Labute approximate surface area is 107 Å². The molecule has 4 heteroatoms. The van der Waals surface area contributed by atoms with E-state index >= 15 is 0 Å². The van der Waals surface area contributed by atoms with E-state index in [9.17, 15) is 0 Å². The maximum Gasteiger partial charge on any atom is 0.231 e. The summed E-state index contributed by atoms with van der Waals surface area (Å²) in [6.07, 6.45) is 5.23. The smallest absolute Gasteiger partial charge is 0.231 e. The van der Waals surface area contributed by atoms with Crippen LogP contribution in [-0.4, -0.2) is 26.0 Å². The van der Waals surface area contributed by atoms with Gasteiger partial charge >= 0.3 is 0 Å². The van der Waals surface area contributed by atoms with Gasteiger partial charge in [-0.25, -0.2) is 0 Å². The Kier molecular flexibility index (Phi) is 3.55. The molecule has 4 nitrogen and oxygen atoms in total. The molecule has 2 aliphatic rings. The molecule has 1 fully saturated rings. The number of anilines is 1. The molecule has 1 unspecified atom stereocenters. The van der Waals surface area contributed by atoms with E-state index in [0.29, 0.717) is 12.9 Å². The largest absolute Gasteiger partial charge is 0.454 e. The molecule has 1 aromatic carbocycles. The lowest BCUT2D eigenvalue weighted by Gasteiger charge is -2.10. The first-order valence-electron chi connectivity index (χ1n) is 6.67. The van der Waals surface area contributed by atoms with Crippen molar-refractivity contribution in [2.24, 2.45) is 0 Å². The van der Waals surface area contributed by atoms with Crippen molar-refractivity contribution in [3.05, 3.63) is 18.2 Å². The Balaban J connectivity index is 1.42. The molecule has 0 bridgehead atoms. The SMILES string of the molecule is c1cc2c(cc1NCCCC1CCCO1)OCO2. The van der Waals surface area contributed by atoms with E-state index in [0.717, 1.165) is 43.2 Å².